The summed E-state index contributed by atoms with van der Waals surface area (Å²) in [4.78, 5) is 12.1. The van der Waals surface area contributed by atoms with Crippen LogP contribution in [0.5, 0.6) is 5.75 Å². The van der Waals surface area contributed by atoms with Gasteiger partial charge in [-0.3, -0.25) is 4.79 Å². The second kappa shape index (κ2) is 7.92. The highest BCUT2D eigenvalue weighted by molar-refractivity contribution is 7.80. The molecule has 3 rings (SSSR count). The molecule has 0 saturated heterocycles. The van der Waals surface area contributed by atoms with E-state index >= 15 is 0 Å². The van der Waals surface area contributed by atoms with E-state index in [2.05, 4.69) is 42.7 Å². The average Bonchev–Trinajstić information content (AvgIpc) is 2.62. The molecule has 0 fully saturated rings. The Kier molecular flexibility index (Phi) is 5.61. The molecular formula is C22H24N2O2S. The first-order chi connectivity index (χ1) is 12.8. The largest absolute Gasteiger partial charge is 0.489 e. The molecule has 4 nitrogen and oxygen atoms in total. The standard InChI is InChI=1S/C22H24N2O2S/c1-13-5-6-14(2)18(11-13)12-26-19-9-7-17(8-10-19)21-20(16(4)25)15(3)23-22(27)24-21/h5-11,21H,12H2,1-4H3,(H2,23,24,27). The number of aryl methyl sites for hydroxylation is 2. The van der Waals surface area contributed by atoms with E-state index in [-0.39, 0.29) is 11.8 Å². The third kappa shape index (κ3) is 4.37. The van der Waals surface area contributed by atoms with E-state index in [0.717, 1.165) is 17.0 Å². The van der Waals surface area contributed by atoms with Gasteiger partial charge in [-0.15, -0.1) is 0 Å². The second-order valence-corrected chi connectivity index (χ2v) is 7.32. The van der Waals surface area contributed by atoms with Crippen molar-refractivity contribution in [2.45, 2.75) is 40.3 Å². The SMILES string of the molecule is CC(=O)C1=C(C)NC(=S)NC1c1ccc(OCc2cc(C)ccc2C)cc1. The Balaban J connectivity index is 1.77. The maximum absolute atomic E-state index is 12.1. The Morgan fingerprint density at radius 1 is 1.11 bits per heavy atom. The Labute approximate surface area is 165 Å². The van der Waals surface area contributed by atoms with Crippen molar-refractivity contribution in [3.05, 3.63) is 76.0 Å². The van der Waals surface area contributed by atoms with Crippen molar-refractivity contribution < 1.29 is 9.53 Å². The van der Waals surface area contributed by atoms with Crippen molar-refractivity contribution in [3.8, 4) is 5.75 Å². The maximum Gasteiger partial charge on any atom is 0.171 e. The Hall–Kier alpha value is -2.66. The fourth-order valence-corrected chi connectivity index (χ4v) is 3.56. The maximum atomic E-state index is 12.1. The van der Waals surface area contributed by atoms with Crippen LogP contribution < -0.4 is 15.4 Å². The Morgan fingerprint density at radius 2 is 1.81 bits per heavy atom. The molecule has 1 atom stereocenters. The van der Waals surface area contributed by atoms with Gasteiger partial charge in [0.15, 0.2) is 10.9 Å². The minimum Gasteiger partial charge on any atom is -0.489 e. The summed E-state index contributed by atoms with van der Waals surface area (Å²) in [5.74, 6) is 0.816. The molecule has 0 aliphatic carbocycles. The van der Waals surface area contributed by atoms with Gasteiger partial charge in [-0.05, 0) is 68.7 Å². The molecule has 1 aliphatic heterocycles. The van der Waals surface area contributed by atoms with Crippen LogP contribution in [0.1, 0.15) is 42.1 Å². The monoisotopic (exact) mass is 380 g/mol. The molecule has 140 valence electrons. The third-order valence-corrected chi connectivity index (χ3v) is 4.98. The molecule has 2 aromatic rings. The molecule has 1 aliphatic rings. The van der Waals surface area contributed by atoms with Gasteiger partial charge in [0.25, 0.3) is 0 Å². The fraction of sp³-hybridized carbons (Fsp3) is 0.273. The molecular weight excluding hydrogens is 356 g/mol. The van der Waals surface area contributed by atoms with Gasteiger partial charge < -0.3 is 15.4 Å². The molecule has 5 heteroatoms. The summed E-state index contributed by atoms with van der Waals surface area (Å²) in [5, 5.41) is 6.74. The number of benzene rings is 2. The van der Waals surface area contributed by atoms with E-state index in [1.54, 1.807) is 6.92 Å². The number of rotatable bonds is 5. The first-order valence-corrected chi connectivity index (χ1v) is 9.34. The lowest BCUT2D eigenvalue weighted by molar-refractivity contribution is -0.114. The topological polar surface area (TPSA) is 50.4 Å². The molecule has 0 radical (unpaired) electrons. The van der Waals surface area contributed by atoms with Gasteiger partial charge in [0, 0.05) is 11.3 Å². The van der Waals surface area contributed by atoms with E-state index in [4.69, 9.17) is 17.0 Å². The van der Waals surface area contributed by atoms with E-state index in [0.29, 0.717) is 17.3 Å². The van der Waals surface area contributed by atoms with Crippen LogP contribution >= 0.6 is 12.2 Å². The van der Waals surface area contributed by atoms with Crippen molar-refractivity contribution in [1.82, 2.24) is 10.6 Å². The van der Waals surface area contributed by atoms with Crippen LogP contribution in [0.15, 0.2) is 53.7 Å². The average molecular weight is 381 g/mol. The number of hydrogen-bond acceptors (Lipinski definition) is 3. The fourth-order valence-electron chi connectivity index (χ4n) is 3.28. The Morgan fingerprint density at radius 3 is 2.48 bits per heavy atom. The molecule has 0 spiro atoms. The van der Waals surface area contributed by atoms with Gasteiger partial charge in [0.05, 0.1) is 6.04 Å². The van der Waals surface area contributed by atoms with E-state index < -0.39 is 0 Å². The third-order valence-electron chi connectivity index (χ3n) is 4.76. The van der Waals surface area contributed by atoms with Gasteiger partial charge >= 0.3 is 0 Å². The van der Waals surface area contributed by atoms with E-state index in [9.17, 15) is 4.79 Å². The van der Waals surface area contributed by atoms with Crippen LogP contribution in [0, 0.1) is 13.8 Å². The summed E-state index contributed by atoms with van der Waals surface area (Å²) in [5.41, 5.74) is 6.10. The predicted octanol–water partition coefficient (Wildman–Crippen LogP) is 4.26. The lowest BCUT2D eigenvalue weighted by Gasteiger charge is -2.29. The summed E-state index contributed by atoms with van der Waals surface area (Å²) in [7, 11) is 0. The van der Waals surface area contributed by atoms with Crippen LogP contribution in [0.4, 0.5) is 0 Å². The number of ether oxygens (including phenoxy) is 1. The van der Waals surface area contributed by atoms with Crippen LogP contribution in [-0.2, 0) is 11.4 Å². The van der Waals surface area contributed by atoms with Crippen molar-refractivity contribution in [1.29, 1.82) is 0 Å². The summed E-state index contributed by atoms with van der Waals surface area (Å²) in [6.45, 7) is 8.14. The number of nitrogens with one attached hydrogen (secondary N) is 2. The van der Waals surface area contributed by atoms with Crippen LogP contribution in [0.25, 0.3) is 0 Å². The zero-order valence-electron chi connectivity index (χ0n) is 16.1. The smallest absolute Gasteiger partial charge is 0.171 e. The number of Topliss-reactive ketones (excluding diaryl/α,β-unsaturated/α-hetero) is 1. The van der Waals surface area contributed by atoms with Gasteiger partial charge in [0.2, 0.25) is 0 Å². The minimum absolute atomic E-state index is 0.0234. The first kappa shape index (κ1) is 19.1. The van der Waals surface area contributed by atoms with Gasteiger partial charge in [-0.1, -0.05) is 35.9 Å². The number of carbonyl (C=O) groups is 1. The number of hydrogen-bond donors (Lipinski definition) is 2. The number of carbonyl (C=O) groups excluding carboxylic acids is 1. The number of ketones is 1. The number of allylic oxidation sites excluding steroid dienone is 1. The molecule has 0 saturated carbocycles. The zero-order valence-corrected chi connectivity index (χ0v) is 16.9. The molecule has 2 aromatic carbocycles. The van der Waals surface area contributed by atoms with E-state index in [1.807, 2.05) is 31.2 Å². The summed E-state index contributed by atoms with van der Waals surface area (Å²) in [6.07, 6.45) is 0. The van der Waals surface area contributed by atoms with Gasteiger partial charge in [-0.25, -0.2) is 0 Å². The quantitative estimate of drug-likeness (QED) is 0.759. The summed E-state index contributed by atoms with van der Waals surface area (Å²) >= 11 is 5.25. The molecule has 0 aromatic heterocycles. The van der Waals surface area contributed by atoms with E-state index in [1.165, 1.54) is 16.7 Å². The van der Waals surface area contributed by atoms with Gasteiger partial charge in [0.1, 0.15) is 12.4 Å². The van der Waals surface area contributed by atoms with Crippen LogP contribution in [0.3, 0.4) is 0 Å². The normalized spacial score (nSPS) is 16.6. The number of thiocarbonyl (C=S) groups is 1. The van der Waals surface area contributed by atoms with Crippen molar-refractivity contribution in [3.63, 3.8) is 0 Å². The Bertz CT molecular complexity index is 916. The highest BCUT2D eigenvalue weighted by Crippen LogP contribution is 2.28. The molecule has 27 heavy (non-hydrogen) atoms. The van der Waals surface area contributed by atoms with Crippen molar-refractivity contribution in [2.75, 3.05) is 0 Å². The molecule has 2 N–H and O–H groups in total. The minimum atomic E-state index is -0.246. The second-order valence-electron chi connectivity index (χ2n) is 6.91. The van der Waals surface area contributed by atoms with Gasteiger partial charge in [-0.2, -0.15) is 0 Å². The summed E-state index contributed by atoms with van der Waals surface area (Å²) in [6, 6.07) is 13.9. The lowest BCUT2D eigenvalue weighted by atomic mass is 9.93. The van der Waals surface area contributed by atoms with Crippen LogP contribution in [0.2, 0.25) is 0 Å². The molecule has 0 amide bonds. The summed E-state index contributed by atoms with van der Waals surface area (Å²) < 4.78 is 5.95. The van der Waals surface area contributed by atoms with Crippen LogP contribution in [-0.4, -0.2) is 10.9 Å². The van der Waals surface area contributed by atoms with Crippen molar-refractivity contribution in [2.24, 2.45) is 0 Å². The zero-order chi connectivity index (χ0) is 19.6. The highest BCUT2D eigenvalue weighted by Gasteiger charge is 2.27. The molecule has 0 bridgehead atoms. The predicted molar refractivity (Wildman–Crippen MR) is 112 cm³/mol. The highest BCUT2D eigenvalue weighted by atomic mass is 32.1. The molecule has 1 heterocycles. The molecule has 1 unspecified atom stereocenters. The van der Waals surface area contributed by atoms with Crippen molar-refractivity contribution >= 4 is 23.1 Å². The lowest BCUT2D eigenvalue weighted by Crippen LogP contribution is -2.44. The first-order valence-electron chi connectivity index (χ1n) is 8.93.